The number of benzene rings is 1. The van der Waals surface area contributed by atoms with E-state index in [1.54, 1.807) is 0 Å². The normalized spacial score (nSPS) is 9.38. The molecule has 1 aromatic carbocycles. The number of hydrogen-bond acceptors (Lipinski definition) is 1. The van der Waals surface area contributed by atoms with Gasteiger partial charge in [-0.05, 0) is 22.7 Å². The zero-order valence-corrected chi connectivity index (χ0v) is 9.92. The first-order valence-corrected chi connectivity index (χ1v) is 5.85. The molecule has 0 N–H and O–H groups in total. The molecule has 0 saturated heterocycles. The second kappa shape index (κ2) is 5.27. The molecule has 5 heteroatoms. The maximum Gasteiger partial charge on any atom is 0.0418 e. The van der Waals surface area contributed by atoms with Crippen LogP contribution in [-0.2, 0) is 10.7 Å². The van der Waals surface area contributed by atoms with Gasteiger partial charge >= 0.3 is 0 Å². The fourth-order valence-corrected chi connectivity index (χ4v) is 1.77. The standard InChI is InChI=1S/C8H7Br2N3/c9-4-6-1-2-7(5-10)8(3-6)12-13-11/h1-3H,4-5H2. The van der Waals surface area contributed by atoms with E-state index in [2.05, 4.69) is 41.9 Å². The van der Waals surface area contributed by atoms with Crippen molar-refractivity contribution >= 4 is 37.5 Å². The number of rotatable bonds is 3. The predicted molar refractivity (Wildman–Crippen MR) is 60.5 cm³/mol. The van der Waals surface area contributed by atoms with Gasteiger partial charge in [0.2, 0.25) is 0 Å². The van der Waals surface area contributed by atoms with Gasteiger partial charge < -0.3 is 0 Å². The smallest absolute Gasteiger partial charge is 0.0418 e. The van der Waals surface area contributed by atoms with Crippen molar-refractivity contribution in [3.8, 4) is 0 Å². The van der Waals surface area contributed by atoms with Crippen molar-refractivity contribution in [1.82, 2.24) is 0 Å². The van der Waals surface area contributed by atoms with Crippen LogP contribution in [0.3, 0.4) is 0 Å². The molecular weight excluding hydrogens is 298 g/mol. The lowest BCUT2D eigenvalue weighted by Gasteiger charge is -2.02. The zero-order chi connectivity index (χ0) is 9.68. The first-order chi connectivity index (χ1) is 6.31. The Labute approximate surface area is 93.0 Å². The van der Waals surface area contributed by atoms with Gasteiger partial charge in [-0.2, -0.15) is 0 Å². The van der Waals surface area contributed by atoms with E-state index in [1.807, 2.05) is 18.2 Å². The molecule has 0 aliphatic heterocycles. The van der Waals surface area contributed by atoms with Crippen molar-refractivity contribution in [1.29, 1.82) is 0 Å². The van der Waals surface area contributed by atoms with Crippen LogP contribution in [0.2, 0.25) is 0 Å². The van der Waals surface area contributed by atoms with Gasteiger partial charge in [0, 0.05) is 21.3 Å². The van der Waals surface area contributed by atoms with E-state index in [1.165, 1.54) is 0 Å². The molecule has 0 bridgehead atoms. The lowest BCUT2D eigenvalue weighted by molar-refractivity contribution is 1.31. The second-order valence-corrected chi connectivity index (χ2v) is 3.54. The summed E-state index contributed by atoms with van der Waals surface area (Å²) < 4.78 is 0. The van der Waals surface area contributed by atoms with Gasteiger partial charge in [0.1, 0.15) is 0 Å². The zero-order valence-electron chi connectivity index (χ0n) is 6.74. The van der Waals surface area contributed by atoms with Gasteiger partial charge in [0.25, 0.3) is 0 Å². The summed E-state index contributed by atoms with van der Waals surface area (Å²) in [6.07, 6.45) is 0. The molecule has 0 aromatic heterocycles. The monoisotopic (exact) mass is 303 g/mol. The molecule has 0 radical (unpaired) electrons. The van der Waals surface area contributed by atoms with Crippen LogP contribution >= 0.6 is 31.9 Å². The van der Waals surface area contributed by atoms with E-state index in [0.717, 1.165) is 16.5 Å². The molecule has 0 amide bonds. The van der Waals surface area contributed by atoms with Crippen molar-refractivity contribution in [2.24, 2.45) is 5.11 Å². The van der Waals surface area contributed by atoms with Crippen LogP contribution in [0, 0.1) is 0 Å². The van der Waals surface area contributed by atoms with E-state index in [9.17, 15) is 0 Å². The summed E-state index contributed by atoms with van der Waals surface area (Å²) in [5, 5.41) is 5.08. The Morgan fingerprint density at radius 3 is 2.62 bits per heavy atom. The first kappa shape index (κ1) is 10.6. The molecule has 0 fully saturated rings. The van der Waals surface area contributed by atoms with E-state index >= 15 is 0 Å². The molecule has 0 aliphatic carbocycles. The summed E-state index contributed by atoms with van der Waals surface area (Å²) in [4.78, 5) is 2.78. The molecule has 0 unspecified atom stereocenters. The van der Waals surface area contributed by atoms with Crippen LogP contribution in [0.4, 0.5) is 5.69 Å². The fourth-order valence-electron chi connectivity index (χ4n) is 0.947. The highest BCUT2D eigenvalue weighted by Crippen LogP contribution is 2.24. The molecule has 0 aliphatic rings. The van der Waals surface area contributed by atoms with Gasteiger partial charge in [-0.1, -0.05) is 49.1 Å². The van der Waals surface area contributed by atoms with E-state index in [4.69, 9.17) is 5.53 Å². The van der Waals surface area contributed by atoms with Crippen molar-refractivity contribution < 1.29 is 0 Å². The number of alkyl halides is 2. The van der Waals surface area contributed by atoms with Crippen LogP contribution in [0.25, 0.3) is 10.4 Å². The minimum Gasteiger partial charge on any atom is -0.0876 e. The Bertz CT molecular complexity index is 345. The van der Waals surface area contributed by atoms with Gasteiger partial charge in [0.05, 0.1) is 0 Å². The van der Waals surface area contributed by atoms with Crippen LogP contribution in [-0.4, -0.2) is 0 Å². The van der Waals surface area contributed by atoms with Gasteiger partial charge in [-0.15, -0.1) is 0 Å². The predicted octanol–water partition coefficient (Wildman–Crippen LogP) is 4.42. The van der Waals surface area contributed by atoms with Gasteiger partial charge in [-0.25, -0.2) is 0 Å². The Morgan fingerprint density at radius 1 is 1.31 bits per heavy atom. The van der Waals surface area contributed by atoms with Crippen LogP contribution in [0.5, 0.6) is 0 Å². The molecule has 1 aromatic rings. The third-order valence-electron chi connectivity index (χ3n) is 1.60. The molecule has 68 valence electrons. The number of hydrogen-bond donors (Lipinski definition) is 0. The Balaban J connectivity index is 3.17. The maximum absolute atomic E-state index is 8.33. The average Bonchev–Trinajstić information content (AvgIpc) is 2.18. The minimum atomic E-state index is 0.691. The molecule has 3 nitrogen and oxygen atoms in total. The van der Waals surface area contributed by atoms with Crippen molar-refractivity contribution in [2.45, 2.75) is 10.7 Å². The number of azide groups is 1. The first-order valence-electron chi connectivity index (χ1n) is 3.60. The third-order valence-corrected chi connectivity index (χ3v) is 2.85. The lowest BCUT2D eigenvalue weighted by Crippen LogP contribution is -1.82. The highest BCUT2D eigenvalue weighted by molar-refractivity contribution is 9.08. The summed E-state index contributed by atoms with van der Waals surface area (Å²) in [7, 11) is 0. The van der Waals surface area contributed by atoms with Crippen molar-refractivity contribution in [3.63, 3.8) is 0 Å². The Kier molecular flexibility index (Phi) is 4.28. The molecule has 1 rings (SSSR count). The van der Waals surface area contributed by atoms with Gasteiger partial charge in [-0.3, -0.25) is 0 Å². The molecule has 13 heavy (non-hydrogen) atoms. The highest BCUT2D eigenvalue weighted by Gasteiger charge is 1.99. The molecule has 0 atom stereocenters. The minimum absolute atomic E-state index is 0.691. The lowest BCUT2D eigenvalue weighted by atomic mass is 10.1. The third kappa shape index (κ3) is 2.72. The summed E-state index contributed by atoms with van der Waals surface area (Å²) in [5.74, 6) is 0. The molecule has 0 saturated carbocycles. The number of nitrogens with zero attached hydrogens (tertiary/aromatic N) is 3. The van der Waals surface area contributed by atoms with Crippen LogP contribution in [0.1, 0.15) is 11.1 Å². The van der Waals surface area contributed by atoms with Gasteiger partial charge in [0.15, 0.2) is 0 Å². The summed E-state index contributed by atoms with van der Waals surface area (Å²) in [6, 6.07) is 5.84. The SMILES string of the molecule is [N-]=[N+]=Nc1cc(CBr)ccc1CBr. The maximum atomic E-state index is 8.33. The molecule has 0 spiro atoms. The largest absolute Gasteiger partial charge is 0.0876 e. The van der Waals surface area contributed by atoms with E-state index in [-0.39, 0.29) is 0 Å². The fraction of sp³-hybridized carbons (Fsp3) is 0.250. The second-order valence-electron chi connectivity index (χ2n) is 2.42. The summed E-state index contributed by atoms with van der Waals surface area (Å²) in [6.45, 7) is 0. The van der Waals surface area contributed by atoms with Crippen molar-refractivity contribution in [2.75, 3.05) is 0 Å². The summed E-state index contributed by atoms with van der Waals surface area (Å²) in [5.41, 5.74) is 11.1. The highest BCUT2D eigenvalue weighted by atomic mass is 79.9. The quantitative estimate of drug-likeness (QED) is 0.343. The Morgan fingerprint density at radius 2 is 2.08 bits per heavy atom. The Hall–Kier alpha value is -0.510. The molecular formula is C8H7Br2N3. The van der Waals surface area contributed by atoms with Crippen LogP contribution < -0.4 is 0 Å². The van der Waals surface area contributed by atoms with E-state index in [0.29, 0.717) is 11.0 Å². The number of halogens is 2. The molecule has 0 heterocycles. The average molecular weight is 305 g/mol. The van der Waals surface area contributed by atoms with E-state index < -0.39 is 0 Å². The topological polar surface area (TPSA) is 48.8 Å². The summed E-state index contributed by atoms with van der Waals surface area (Å²) >= 11 is 6.67. The van der Waals surface area contributed by atoms with Crippen molar-refractivity contribution in [3.05, 3.63) is 39.8 Å². The van der Waals surface area contributed by atoms with Crippen LogP contribution in [0.15, 0.2) is 23.3 Å².